The minimum Gasteiger partial charge on any atom is -0.323 e. The Morgan fingerprint density at radius 1 is 1.30 bits per heavy atom. The molecule has 6 heteroatoms. The number of aryl methyl sites for hydroxylation is 1. The number of amides is 1. The summed E-state index contributed by atoms with van der Waals surface area (Å²) in [6, 6.07) is 9.36. The van der Waals surface area contributed by atoms with Crippen molar-refractivity contribution in [3.05, 3.63) is 47.8 Å². The average Bonchev–Trinajstić information content (AvgIpc) is 2.47. The molecule has 0 spiro atoms. The van der Waals surface area contributed by atoms with Gasteiger partial charge in [-0.1, -0.05) is 0 Å². The zero-order chi connectivity index (χ0) is 14.5. The maximum absolute atomic E-state index is 12.2. The molecule has 0 aliphatic rings. The first-order valence-electron chi connectivity index (χ1n) is 6.02. The van der Waals surface area contributed by atoms with E-state index >= 15 is 0 Å². The van der Waals surface area contributed by atoms with Crippen LogP contribution in [-0.2, 0) is 0 Å². The van der Waals surface area contributed by atoms with E-state index in [0.29, 0.717) is 11.3 Å². The van der Waals surface area contributed by atoms with Gasteiger partial charge in [0.05, 0.1) is 11.3 Å². The number of hydrogen-bond acceptors (Lipinski definition) is 5. The Labute approximate surface area is 121 Å². The van der Waals surface area contributed by atoms with Crippen LogP contribution in [0, 0.1) is 6.92 Å². The Balaban J connectivity index is 2.19. The van der Waals surface area contributed by atoms with E-state index < -0.39 is 0 Å². The fourth-order valence-electron chi connectivity index (χ4n) is 1.73. The number of rotatable bonds is 4. The van der Waals surface area contributed by atoms with Crippen LogP contribution in [0.3, 0.4) is 0 Å². The fourth-order valence-corrected chi connectivity index (χ4v) is 2.14. The molecule has 104 valence electrons. The monoisotopic (exact) mass is 288 g/mol. The van der Waals surface area contributed by atoms with E-state index in [9.17, 15) is 4.79 Å². The van der Waals surface area contributed by atoms with Gasteiger partial charge in [0.25, 0.3) is 5.91 Å². The first kappa shape index (κ1) is 14.4. The van der Waals surface area contributed by atoms with Gasteiger partial charge in [-0.15, -0.1) is 11.8 Å². The lowest BCUT2D eigenvalue weighted by atomic mass is 10.2. The normalized spacial score (nSPS) is 10.2. The van der Waals surface area contributed by atoms with E-state index in [1.165, 1.54) is 6.20 Å². The van der Waals surface area contributed by atoms with Crippen molar-refractivity contribution in [1.29, 1.82) is 0 Å². The second kappa shape index (κ2) is 6.40. The number of nitrogens with one attached hydrogen (secondary N) is 2. The van der Waals surface area contributed by atoms with Crippen LogP contribution in [0.5, 0.6) is 0 Å². The van der Waals surface area contributed by atoms with E-state index in [4.69, 9.17) is 5.84 Å². The van der Waals surface area contributed by atoms with Gasteiger partial charge < -0.3 is 10.7 Å². The summed E-state index contributed by atoms with van der Waals surface area (Å²) in [5.74, 6) is 5.18. The molecule has 20 heavy (non-hydrogen) atoms. The zero-order valence-corrected chi connectivity index (χ0v) is 12.1. The van der Waals surface area contributed by atoms with E-state index in [1.54, 1.807) is 17.8 Å². The van der Waals surface area contributed by atoms with E-state index in [0.717, 1.165) is 16.3 Å². The van der Waals surface area contributed by atoms with Crippen molar-refractivity contribution in [2.45, 2.75) is 11.8 Å². The van der Waals surface area contributed by atoms with Gasteiger partial charge in [-0.2, -0.15) is 0 Å². The minimum absolute atomic E-state index is 0.248. The van der Waals surface area contributed by atoms with Gasteiger partial charge in [0.1, 0.15) is 0 Å². The SMILES string of the molecule is CSc1ccc(NC(=O)c2cnc(C)cc2NN)cc1. The summed E-state index contributed by atoms with van der Waals surface area (Å²) in [6.07, 6.45) is 3.51. The number of benzene rings is 1. The number of anilines is 2. The lowest BCUT2D eigenvalue weighted by Gasteiger charge is -2.10. The van der Waals surface area contributed by atoms with Crippen molar-refractivity contribution >= 4 is 29.0 Å². The van der Waals surface area contributed by atoms with E-state index in [-0.39, 0.29) is 5.91 Å². The number of hydrazine groups is 1. The molecule has 1 amide bonds. The Hall–Kier alpha value is -2.05. The van der Waals surface area contributed by atoms with Gasteiger partial charge in [-0.05, 0) is 43.5 Å². The van der Waals surface area contributed by atoms with Gasteiger partial charge in [0, 0.05) is 22.5 Å². The molecule has 0 saturated carbocycles. The molecule has 0 unspecified atom stereocenters. The highest BCUT2D eigenvalue weighted by Crippen LogP contribution is 2.20. The van der Waals surface area contributed by atoms with Gasteiger partial charge in [-0.25, -0.2) is 0 Å². The molecule has 1 aromatic heterocycles. The largest absolute Gasteiger partial charge is 0.323 e. The van der Waals surface area contributed by atoms with Crippen LogP contribution in [-0.4, -0.2) is 17.1 Å². The number of hydrogen-bond donors (Lipinski definition) is 3. The zero-order valence-electron chi connectivity index (χ0n) is 11.3. The highest BCUT2D eigenvalue weighted by Gasteiger charge is 2.12. The number of aromatic nitrogens is 1. The maximum Gasteiger partial charge on any atom is 0.259 e. The van der Waals surface area contributed by atoms with Crippen LogP contribution in [0.4, 0.5) is 11.4 Å². The van der Waals surface area contributed by atoms with Crippen LogP contribution < -0.4 is 16.6 Å². The molecule has 0 saturated heterocycles. The number of carbonyl (C=O) groups excluding carboxylic acids is 1. The van der Waals surface area contributed by atoms with Crippen molar-refractivity contribution in [1.82, 2.24) is 4.98 Å². The highest BCUT2D eigenvalue weighted by molar-refractivity contribution is 7.98. The van der Waals surface area contributed by atoms with Crippen molar-refractivity contribution in [3.8, 4) is 0 Å². The second-order valence-corrected chi connectivity index (χ2v) is 5.08. The highest BCUT2D eigenvalue weighted by atomic mass is 32.2. The number of nitrogens with zero attached hydrogens (tertiary/aromatic N) is 1. The number of pyridine rings is 1. The number of nitrogens with two attached hydrogens (primary N) is 1. The molecular weight excluding hydrogens is 272 g/mol. The Bertz CT molecular complexity index is 613. The lowest BCUT2D eigenvalue weighted by Crippen LogP contribution is -2.17. The summed E-state index contributed by atoms with van der Waals surface area (Å²) in [5, 5.41) is 2.82. The third-order valence-corrected chi connectivity index (χ3v) is 3.53. The summed E-state index contributed by atoms with van der Waals surface area (Å²) < 4.78 is 0. The van der Waals surface area contributed by atoms with Crippen molar-refractivity contribution in [3.63, 3.8) is 0 Å². The Kier molecular flexibility index (Phi) is 4.60. The lowest BCUT2D eigenvalue weighted by molar-refractivity contribution is 0.102. The third-order valence-electron chi connectivity index (χ3n) is 2.79. The summed E-state index contributed by atoms with van der Waals surface area (Å²) in [7, 11) is 0. The molecule has 5 nitrogen and oxygen atoms in total. The first-order chi connectivity index (χ1) is 9.63. The van der Waals surface area contributed by atoms with Gasteiger partial charge in [-0.3, -0.25) is 15.6 Å². The van der Waals surface area contributed by atoms with Crippen LogP contribution in [0.15, 0.2) is 41.4 Å². The molecule has 1 heterocycles. The molecule has 1 aromatic carbocycles. The average molecular weight is 288 g/mol. The molecule has 0 radical (unpaired) electrons. The fraction of sp³-hybridized carbons (Fsp3) is 0.143. The van der Waals surface area contributed by atoms with E-state index in [1.807, 2.05) is 37.4 Å². The molecule has 0 aliphatic carbocycles. The molecule has 0 atom stereocenters. The van der Waals surface area contributed by atoms with Crippen LogP contribution >= 0.6 is 11.8 Å². The summed E-state index contributed by atoms with van der Waals surface area (Å²) in [4.78, 5) is 17.5. The molecule has 0 aliphatic heterocycles. The molecular formula is C14H16N4OS. The maximum atomic E-state index is 12.2. The third kappa shape index (κ3) is 3.28. The minimum atomic E-state index is -0.248. The van der Waals surface area contributed by atoms with Gasteiger partial charge >= 0.3 is 0 Å². The first-order valence-corrected chi connectivity index (χ1v) is 7.25. The molecule has 0 fully saturated rings. The van der Waals surface area contributed by atoms with Crippen molar-refractivity contribution in [2.75, 3.05) is 17.0 Å². The predicted octanol–water partition coefficient (Wildman–Crippen LogP) is 2.65. The summed E-state index contributed by atoms with van der Waals surface area (Å²) >= 11 is 1.65. The van der Waals surface area contributed by atoms with Gasteiger partial charge in [0.2, 0.25) is 0 Å². The van der Waals surface area contributed by atoms with E-state index in [2.05, 4.69) is 15.7 Å². The molecule has 4 N–H and O–H groups in total. The number of thioether (sulfide) groups is 1. The van der Waals surface area contributed by atoms with Crippen molar-refractivity contribution < 1.29 is 4.79 Å². The number of nitrogen functional groups attached to an aromatic ring is 1. The van der Waals surface area contributed by atoms with Crippen molar-refractivity contribution in [2.24, 2.45) is 5.84 Å². The smallest absolute Gasteiger partial charge is 0.259 e. The molecule has 2 rings (SSSR count). The molecule has 2 aromatic rings. The predicted molar refractivity (Wildman–Crippen MR) is 83.0 cm³/mol. The van der Waals surface area contributed by atoms with Gasteiger partial charge in [0.15, 0.2) is 0 Å². The standard InChI is InChI=1S/C14H16N4OS/c1-9-7-13(18-15)12(8-16-9)14(19)17-10-3-5-11(20-2)6-4-10/h3-8H,15H2,1-2H3,(H,16,18)(H,17,19). The van der Waals surface area contributed by atoms with Crippen LogP contribution in [0.25, 0.3) is 0 Å². The quantitative estimate of drug-likeness (QED) is 0.458. The topological polar surface area (TPSA) is 80.0 Å². The van der Waals surface area contributed by atoms with Crippen LogP contribution in [0.2, 0.25) is 0 Å². The van der Waals surface area contributed by atoms with Crippen LogP contribution in [0.1, 0.15) is 16.1 Å². The Morgan fingerprint density at radius 3 is 2.60 bits per heavy atom. The second-order valence-electron chi connectivity index (χ2n) is 4.20. The number of carbonyl (C=O) groups is 1. The summed E-state index contributed by atoms with van der Waals surface area (Å²) in [5.41, 5.74) is 5.00. The summed E-state index contributed by atoms with van der Waals surface area (Å²) in [6.45, 7) is 1.84. The Morgan fingerprint density at radius 2 is 2.00 bits per heavy atom. The molecule has 0 bridgehead atoms.